The number of hydrogen-bond donors (Lipinski definition) is 1. The second-order valence-electron chi connectivity index (χ2n) is 7.58. The largest absolute Gasteiger partial charge is 0.493 e. The summed E-state index contributed by atoms with van der Waals surface area (Å²) in [6, 6.07) is 8.19. The van der Waals surface area contributed by atoms with Crippen molar-refractivity contribution in [3.8, 4) is 11.5 Å². The predicted molar refractivity (Wildman–Crippen MR) is 128 cm³/mol. The third-order valence-electron chi connectivity index (χ3n) is 5.42. The highest BCUT2D eigenvalue weighted by molar-refractivity contribution is 6.31. The van der Waals surface area contributed by atoms with Crippen LogP contribution in [0.3, 0.4) is 0 Å². The first-order valence-electron chi connectivity index (χ1n) is 10.7. The normalized spacial score (nSPS) is 14.2. The molecule has 1 aliphatic heterocycles. The van der Waals surface area contributed by atoms with Gasteiger partial charge in [0.1, 0.15) is 24.9 Å². The molecular weight excluding hydrogens is 486 g/mol. The molecule has 0 unspecified atom stereocenters. The van der Waals surface area contributed by atoms with Gasteiger partial charge in [-0.2, -0.15) is 0 Å². The molecule has 3 aromatic rings. The minimum atomic E-state index is -0.572. The van der Waals surface area contributed by atoms with Crippen LogP contribution in [0.2, 0.25) is 5.02 Å². The van der Waals surface area contributed by atoms with Gasteiger partial charge in [-0.15, -0.1) is 11.6 Å². The molecule has 0 saturated carbocycles. The number of aromatic nitrogens is 2. The molecule has 8 nitrogen and oxygen atoms in total. The summed E-state index contributed by atoms with van der Waals surface area (Å²) in [5, 5.41) is 3.62. The van der Waals surface area contributed by atoms with Crippen molar-refractivity contribution in [2.24, 2.45) is 0 Å². The minimum absolute atomic E-state index is 0.00642. The maximum Gasteiger partial charge on any atom is 0.409 e. The number of rotatable bonds is 7. The number of amides is 1. The Kier molecular flexibility index (Phi) is 7.74. The molecule has 0 bridgehead atoms. The Labute approximate surface area is 205 Å². The molecule has 0 radical (unpaired) electrons. The van der Waals surface area contributed by atoms with Crippen LogP contribution in [-0.4, -0.2) is 59.8 Å². The molecule has 2 aromatic carbocycles. The number of carbonyl (C=O) groups excluding carboxylic acids is 1. The number of halogens is 3. The number of likely N-dealkylation sites (tertiary alicyclic amines) is 1. The maximum atomic E-state index is 14.4. The number of carbonyl (C=O) groups is 1. The van der Waals surface area contributed by atoms with Crippen LogP contribution in [0.5, 0.6) is 11.5 Å². The third-order valence-corrected chi connectivity index (χ3v) is 5.87. The number of methoxy groups -OCH3 is 1. The van der Waals surface area contributed by atoms with Gasteiger partial charge >= 0.3 is 6.09 Å². The van der Waals surface area contributed by atoms with E-state index < -0.39 is 5.82 Å². The fraction of sp³-hybridized carbons (Fsp3) is 0.348. The summed E-state index contributed by atoms with van der Waals surface area (Å²) in [5.41, 5.74) is 0.792. The second-order valence-corrected chi connectivity index (χ2v) is 8.36. The van der Waals surface area contributed by atoms with Crippen LogP contribution in [0, 0.1) is 5.82 Å². The summed E-state index contributed by atoms with van der Waals surface area (Å²) in [4.78, 5) is 22.2. The number of benzene rings is 2. The van der Waals surface area contributed by atoms with E-state index in [0.29, 0.717) is 54.2 Å². The van der Waals surface area contributed by atoms with Crippen molar-refractivity contribution in [1.82, 2.24) is 14.9 Å². The molecule has 0 atom stereocenters. The van der Waals surface area contributed by atoms with E-state index in [0.717, 1.165) is 0 Å². The van der Waals surface area contributed by atoms with Gasteiger partial charge in [0.05, 0.1) is 29.2 Å². The van der Waals surface area contributed by atoms with Gasteiger partial charge in [-0.05, 0) is 18.2 Å². The van der Waals surface area contributed by atoms with E-state index in [4.69, 9.17) is 37.4 Å². The van der Waals surface area contributed by atoms with Gasteiger partial charge in [-0.1, -0.05) is 17.7 Å². The van der Waals surface area contributed by atoms with Crippen LogP contribution in [0.15, 0.2) is 36.7 Å². The lowest BCUT2D eigenvalue weighted by Crippen LogP contribution is -2.42. The predicted octanol–water partition coefficient (Wildman–Crippen LogP) is 5.39. The number of anilines is 2. The number of piperidine rings is 1. The van der Waals surface area contributed by atoms with Gasteiger partial charge in [-0.3, -0.25) is 0 Å². The topological polar surface area (TPSA) is 85.8 Å². The fourth-order valence-corrected chi connectivity index (χ4v) is 3.95. The number of alkyl halides is 1. The highest BCUT2D eigenvalue weighted by atomic mass is 35.5. The molecule has 2 heterocycles. The highest BCUT2D eigenvalue weighted by Crippen LogP contribution is 2.36. The summed E-state index contributed by atoms with van der Waals surface area (Å²) in [7, 11) is 1.55. The highest BCUT2D eigenvalue weighted by Gasteiger charge is 2.26. The standard InChI is InChI=1S/C23H23Cl2FN4O4/c1-32-19-12-18-15(22(28-13-27-18)29-17-4-2-3-16(25)21(17)26)11-20(19)34-14-5-8-30(9-6-14)23(31)33-10-7-24/h2-4,11-14H,5-10H2,1H3,(H,27,28,29). The maximum absolute atomic E-state index is 14.4. The quantitative estimate of drug-likeness (QED) is 0.428. The summed E-state index contributed by atoms with van der Waals surface area (Å²) in [6.45, 7) is 1.19. The molecule has 1 aromatic heterocycles. The van der Waals surface area contributed by atoms with Crippen LogP contribution in [0.4, 0.5) is 20.7 Å². The number of nitrogens with one attached hydrogen (secondary N) is 1. The fourth-order valence-electron chi connectivity index (χ4n) is 3.70. The van der Waals surface area contributed by atoms with Crippen LogP contribution in [0.25, 0.3) is 10.9 Å². The number of ether oxygens (including phenoxy) is 3. The van der Waals surface area contributed by atoms with Gasteiger partial charge < -0.3 is 24.4 Å². The van der Waals surface area contributed by atoms with E-state index in [1.54, 1.807) is 36.3 Å². The first-order valence-corrected chi connectivity index (χ1v) is 11.6. The number of hydrogen-bond acceptors (Lipinski definition) is 7. The van der Waals surface area contributed by atoms with E-state index in [-0.39, 0.29) is 35.4 Å². The number of nitrogens with zero attached hydrogens (tertiary/aromatic N) is 3. The van der Waals surface area contributed by atoms with Crippen LogP contribution in [-0.2, 0) is 4.74 Å². The molecule has 11 heteroatoms. The second kappa shape index (κ2) is 10.9. The van der Waals surface area contributed by atoms with E-state index in [1.807, 2.05) is 0 Å². The van der Waals surface area contributed by atoms with Gasteiger partial charge in [0.2, 0.25) is 0 Å². The molecule has 4 rings (SSSR count). The van der Waals surface area contributed by atoms with Crippen molar-refractivity contribution < 1.29 is 23.4 Å². The lowest BCUT2D eigenvalue weighted by Gasteiger charge is -2.31. The van der Waals surface area contributed by atoms with Gasteiger partial charge in [0, 0.05) is 37.4 Å². The van der Waals surface area contributed by atoms with Gasteiger partial charge in [-0.25, -0.2) is 19.2 Å². The Bertz CT molecular complexity index is 1180. The Hall–Kier alpha value is -3.04. The number of fused-ring (bicyclic) bond motifs is 1. The van der Waals surface area contributed by atoms with Crippen molar-refractivity contribution in [3.05, 3.63) is 47.5 Å². The average Bonchev–Trinajstić information content (AvgIpc) is 2.85. The molecule has 1 aliphatic rings. The first-order chi connectivity index (χ1) is 16.5. The van der Waals surface area contributed by atoms with E-state index in [9.17, 15) is 9.18 Å². The summed E-state index contributed by atoms with van der Waals surface area (Å²) in [6.07, 6.45) is 2.13. The average molecular weight is 509 g/mol. The SMILES string of the molecule is COc1cc2ncnc(Nc3cccc(Cl)c3F)c2cc1OC1CCN(C(=O)OCCCl)CC1. The van der Waals surface area contributed by atoms with Crippen LogP contribution >= 0.6 is 23.2 Å². The molecule has 1 N–H and O–H groups in total. The Morgan fingerprint density at radius 1 is 1.24 bits per heavy atom. The van der Waals surface area contributed by atoms with Crippen LogP contribution in [0.1, 0.15) is 12.8 Å². The van der Waals surface area contributed by atoms with E-state index >= 15 is 0 Å². The molecule has 1 amide bonds. The molecular formula is C23H23Cl2FN4O4. The van der Waals surface area contributed by atoms with Crippen molar-refractivity contribution in [2.45, 2.75) is 18.9 Å². The third kappa shape index (κ3) is 5.37. The Morgan fingerprint density at radius 2 is 2.03 bits per heavy atom. The molecule has 1 saturated heterocycles. The summed E-state index contributed by atoms with van der Waals surface area (Å²) >= 11 is 11.5. The Morgan fingerprint density at radius 3 is 2.76 bits per heavy atom. The molecule has 0 aliphatic carbocycles. The zero-order chi connectivity index (χ0) is 24.1. The van der Waals surface area contributed by atoms with Crippen molar-refractivity contribution in [3.63, 3.8) is 0 Å². The van der Waals surface area contributed by atoms with E-state index in [2.05, 4.69) is 15.3 Å². The Balaban J connectivity index is 1.54. The molecule has 180 valence electrons. The van der Waals surface area contributed by atoms with Gasteiger partial charge in [0.15, 0.2) is 17.3 Å². The zero-order valence-corrected chi connectivity index (χ0v) is 19.9. The molecule has 34 heavy (non-hydrogen) atoms. The van der Waals surface area contributed by atoms with E-state index in [1.165, 1.54) is 12.4 Å². The molecule has 1 fully saturated rings. The minimum Gasteiger partial charge on any atom is -0.493 e. The van der Waals surface area contributed by atoms with Crippen molar-refractivity contribution in [1.29, 1.82) is 0 Å². The summed E-state index contributed by atoms with van der Waals surface area (Å²) < 4.78 is 31.3. The lowest BCUT2D eigenvalue weighted by atomic mass is 10.1. The van der Waals surface area contributed by atoms with Crippen molar-refractivity contribution >= 4 is 51.7 Å². The molecule has 0 spiro atoms. The summed E-state index contributed by atoms with van der Waals surface area (Å²) in [5.74, 6) is 1.10. The van der Waals surface area contributed by atoms with Crippen LogP contribution < -0.4 is 14.8 Å². The zero-order valence-electron chi connectivity index (χ0n) is 18.4. The van der Waals surface area contributed by atoms with Crippen molar-refractivity contribution in [2.75, 3.05) is 38.0 Å². The first kappa shape index (κ1) is 24.1. The smallest absolute Gasteiger partial charge is 0.409 e. The monoisotopic (exact) mass is 508 g/mol. The van der Waals surface area contributed by atoms with Gasteiger partial charge in [0.25, 0.3) is 0 Å². The lowest BCUT2D eigenvalue weighted by molar-refractivity contribution is 0.0697.